The molecule has 0 bridgehead atoms. The van der Waals surface area contributed by atoms with Crippen molar-refractivity contribution in [3.63, 3.8) is 0 Å². The largest absolute Gasteiger partial charge is 0.382 e. The molecule has 1 rings (SSSR count). The van der Waals surface area contributed by atoms with Gasteiger partial charge in [0.25, 0.3) is 0 Å². The maximum absolute atomic E-state index is 12.8. The van der Waals surface area contributed by atoms with Crippen LogP contribution in [0, 0.1) is 5.82 Å². The van der Waals surface area contributed by atoms with Crippen molar-refractivity contribution in [3.8, 4) is 0 Å². The standard InChI is InChI=1S/C13H18BrFO3/c1-16-6-7-17-8-9-18-13(10-14)11-2-4-12(15)5-3-11/h2-5,13H,6-10H2,1H3. The van der Waals surface area contributed by atoms with Gasteiger partial charge in [-0.25, -0.2) is 4.39 Å². The minimum atomic E-state index is -0.241. The molecule has 0 saturated carbocycles. The van der Waals surface area contributed by atoms with Crippen molar-refractivity contribution in [2.24, 2.45) is 0 Å². The van der Waals surface area contributed by atoms with E-state index in [1.54, 1.807) is 19.2 Å². The summed E-state index contributed by atoms with van der Waals surface area (Å²) < 4.78 is 28.6. The van der Waals surface area contributed by atoms with E-state index in [0.717, 1.165) is 5.56 Å². The molecular formula is C13H18BrFO3. The maximum atomic E-state index is 12.8. The second-order valence-corrected chi connectivity index (χ2v) is 4.32. The summed E-state index contributed by atoms with van der Waals surface area (Å²) in [5.74, 6) is -0.241. The molecule has 0 aliphatic heterocycles. The van der Waals surface area contributed by atoms with Crippen LogP contribution in [-0.2, 0) is 14.2 Å². The van der Waals surface area contributed by atoms with Gasteiger partial charge in [0.1, 0.15) is 5.82 Å². The van der Waals surface area contributed by atoms with Crippen molar-refractivity contribution in [2.75, 3.05) is 38.9 Å². The minimum Gasteiger partial charge on any atom is -0.382 e. The Bertz CT molecular complexity index is 319. The van der Waals surface area contributed by atoms with E-state index in [1.807, 2.05) is 0 Å². The number of alkyl halides is 1. The highest BCUT2D eigenvalue weighted by Gasteiger charge is 2.10. The summed E-state index contributed by atoms with van der Waals surface area (Å²) in [6.45, 7) is 2.17. The van der Waals surface area contributed by atoms with Crippen LogP contribution in [0.25, 0.3) is 0 Å². The summed E-state index contributed by atoms with van der Waals surface area (Å²) in [5.41, 5.74) is 0.949. The number of halogens is 2. The zero-order chi connectivity index (χ0) is 13.2. The Labute approximate surface area is 115 Å². The van der Waals surface area contributed by atoms with Crippen molar-refractivity contribution >= 4 is 15.9 Å². The van der Waals surface area contributed by atoms with Crippen LogP contribution in [0.2, 0.25) is 0 Å². The number of ether oxygens (including phenoxy) is 3. The minimum absolute atomic E-state index is 0.0865. The summed E-state index contributed by atoms with van der Waals surface area (Å²) in [6.07, 6.45) is -0.0865. The van der Waals surface area contributed by atoms with Crippen molar-refractivity contribution in [3.05, 3.63) is 35.6 Å². The first-order chi connectivity index (χ1) is 8.77. The normalized spacial score (nSPS) is 12.6. The van der Waals surface area contributed by atoms with Crippen LogP contribution in [0.15, 0.2) is 24.3 Å². The van der Waals surface area contributed by atoms with Crippen LogP contribution in [0.3, 0.4) is 0 Å². The predicted molar refractivity (Wildman–Crippen MR) is 71.6 cm³/mol. The first-order valence-electron chi connectivity index (χ1n) is 5.77. The fourth-order valence-corrected chi connectivity index (χ4v) is 1.96. The molecule has 0 heterocycles. The first kappa shape index (κ1) is 15.6. The van der Waals surface area contributed by atoms with E-state index in [9.17, 15) is 4.39 Å². The van der Waals surface area contributed by atoms with Gasteiger partial charge in [0, 0.05) is 12.4 Å². The van der Waals surface area contributed by atoms with Crippen LogP contribution >= 0.6 is 15.9 Å². The topological polar surface area (TPSA) is 27.7 Å². The predicted octanol–water partition coefficient (Wildman–Crippen LogP) is 2.94. The highest BCUT2D eigenvalue weighted by Crippen LogP contribution is 2.19. The molecule has 0 N–H and O–H groups in total. The molecule has 0 aromatic heterocycles. The van der Waals surface area contributed by atoms with E-state index >= 15 is 0 Å². The highest BCUT2D eigenvalue weighted by atomic mass is 79.9. The maximum Gasteiger partial charge on any atom is 0.123 e. The van der Waals surface area contributed by atoms with Gasteiger partial charge in [0.2, 0.25) is 0 Å². The average molecular weight is 321 g/mol. The van der Waals surface area contributed by atoms with Crippen LogP contribution in [0.4, 0.5) is 4.39 Å². The highest BCUT2D eigenvalue weighted by molar-refractivity contribution is 9.09. The van der Waals surface area contributed by atoms with Gasteiger partial charge in [-0.1, -0.05) is 28.1 Å². The molecule has 0 saturated heterocycles. The molecule has 102 valence electrons. The lowest BCUT2D eigenvalue weighted by molar-refractivity contribution is 0.000711. The van der Waals surface area contributed by atoms with E-state index in [1.165, 1.54) is 12.1 Å². The Hall–Kier alpha value is -0.490. The molecule has 1 atom stereocenters. The van der Waals surface area contributed by atoms with Gasteiger partial charge in [0.05, 0.1) is 32.5 Å². The Morgan fingerprint density at radius 3 is 2.39 bits per heavy atom. The molecule has 5 heteroatoms. The third-order valence-electron chi connectivity index (χ3n) is 2.36. The van der Waals surface area contributed by atoms with Gasteiger partial charge in [0.15, 0.2) is 0 Å². The first-order valence-corrected chi connectivity index (χ1v) is 6.89. The third kappa shape index (κ3) is 5.91. The van der Waals surface area contributed by atoms with E-state index in [2.05, 4.69) is 15.9 Å². The molecular weight excluding hydrogens is 303 g/mol. The average Bonchev–Trinajstić information content (AvgIpc) is 2.39. The smallest absolute Gasteiger partial charge is 0.123 e. The molecule has 0 fully saturated rings. The number of rotatable bonds is 9. The van der Waals surface area contributed by atoms with E-state index < -0.39 is 0 Å². The summed E-state index contributed by atoms with van der Waals surface area (Å²) in [6, 6.07) is 6.33. The van der Waals surface area contributed by atoms with E-state index in [-0.39, 0.29) is 11.9 Å². The zero-order valence-corrected chi connectivity index (χ0v) is 12.0. The lowest BCUT2D eigenvalue weighted by atomic mass is 10.1. The van der Waals surface area contributed by atoms with Crippen molar-refractivity contribution < 1.29 is 18.6 Å². The van der Waals surface area contributed by atoms with Crippen molar-refractivity contribution in [2.45, 2.75) is 6.10 Å². The quantitative estimate of drug-likeness (QED) is 0.517. The van der Waals surface area contributed by atoms with Crippen LogP contribution < -0.4 is 0 Å². The summed E-state index contributed by atoms with van der Waals surface area (Å²) >= 11 is 3.39. The number of hydrogen-bond donors (Lipinski definition) is 0. The van der Waals surface area contributed by atoms with Crippen LogP contribution in [0.1, 0.15) is 11.7 Å². The number of hydrogen-bond acceptors (Lipinski definition) is 3. The van der Waals surface area contributed by atoms with Crippen molar-refractivity contribution in [1.29, 1.82) is 0 Å². The summed E-state index contributed by atoms with van der Waals surface area (Å²) in [4.78, 5) is 0. The second kappa shape index (κ2) is 9.44. The Morgan fingerprint density at radius 2 is 1.78 bits per heavy atom. The van der Waals surface area contributed by atoms with Crippen LogP contribution in [0.5, 0.6) is 0 Å². The molecule has 0 radical (unpaired) electrons. The molecule has 1 unspecified atom stereocenters. The number of benzene rings is 1. The van der Waals surface area contributed by atoms with Crippen LogP contribution in [-0.4, -0.2) is 38.9 Å². The van der Waals surface area contributed by atoms with Crippen molar-refractivity contribution in [1.82, 2.24) is 0 Å². The Morgan fingerprint density at radius 1 is 1.11 bits per heavy atom. The molecule has 1 aromatic carbocycles. The van der Waals surface area contributed by atoms with Gasteiger partial charge in [-0.15, -0.1) is 0 Å². The SMILES string of the molecule is COCCOCCOC(CBr)c1ccc(F)cc1. The summed E-state index contributed by atoms with van der Waals surface area (Å²) in [5, 5.41) is 0.663. The molecule has 0 spiro atoms. The fourth-order valence-electron chi connectivity index (χ4n) is 1.40. The third-order valence-corrected chi connectivity index (χ3v) is 2.95. The molecule has 3 nitrogen and oxygen atoms in total. The van der Waals surface area contributed by atoms with E-state index in [4.69, 9.17) is 14.2 Å². The fraction of sp³-hybridized carbons (Fsp3) is 0.538. The molecule has 18 heavy (non-hydrogen) atoms. The van der Waals surface area contributed by atoms with E-state index in [0.29, 0.717) is 31.8 Å². The van der Waals surface area contributed by atoms with Gasteiger partial charge >= 0.3 is 0 Å². The lowest BCUT2D eigenvalue weighted by Crippen LogP contribution is -2.12. The second-order valence-electron chi connectivity index (χ2n) is 3.67. The lowest BCUT2D eigenvalue weighted by Gasteiger charge is -2.15. The molecule has 0 amide bonds. The molecule has 1 aromatic rings. The van der Waals surface area contributed by atoms with Gasteiger partial charge in [-0.05, 0) is 17.7 Å². The van der Waals surface area contributed by atoms with Gasteiger partial charge < -0.3 is 14.2 Å². The number of methoxy groups -OCH3 is 1. The van der Waals surface area contributed by atoms with Gasteiger partial charge in [-0.2, -0.15) is 0 Å². The summed E-state index contributed by atoms with van der Waals surface area (Å²) in [7, 11) is 1.63. The molecule has 0 aliphatic carbocycles. The zero-order valence-electron chi connectivity index (χ0n) is 10.4. The Kier molecular flexibility index (Phi) is 8.17. The Balaban J connectivity index is 2.27. The molecule has 0 aliphatic rings. The monoisotopic (exact) mass is 320 g/mol. The van der Waals surface area contributed by atoms with Gasteiger partial charge in [-0.3, -0.25) is 0 Å².